The Morgan fingerprint density at radius 2 is 1.69 bits per heavy atom. The Bertz CT molecular complexity index is 1080. The highest BCUT2D eigenvalue weighted by Gasteiger charge is 2.26. The predicted molar refractivity (Wildman–Crippen MR) is 117 cm³/mol. The summed E-state index contributed by atoms with van der Waals surface area (Å²) in [4.78, 5) is 35.7. The molecule has 0 fully saturated rings. The molecular formula is C22H26N2O7S. The average Bonchev–Trinajstić information content (AvgIpc) is 2.77. The third-order valence-corrected chi connectivity index (χ3v) is 6.46. The van der Waals surface area contributed by atoms with Crippen LogP contribution in [-0.2, 0) is 30.9 Å². The number of carbonyl (C=O) groups is 3. The molecule has 0 spiro atoms. The van der Waals surface area contributed by atoms with Crippen LogP contribution in [0.4, 0.5) is 0 Å². The Morgan fingerprint density at radius 1 is 1.06 bits per heavy atom. The quantitative estimate of drug-likeness (QED) is 0.422. The van der Waals surface area contributed by atoms with Gasteiger partial charge in [0.25, 0.3) is 5.91 Å². The summed E-state index contributed by atoms with van der Waals surface area (Å²) in [6.07, 6.45) is -1.12. The number of para-hydroxylation sites is 1. The number of ketones is 1. The molecule has 2 aromatic carbocycles. The molecule has 0 aliphatic heterocycles. The van der Waals surface area contributed by atoms with Gasteiger partial charge in [-0.15, -0.1) is 0 Å². The van der Waals surface area contributed by atoms with Gasteiger partial charge in [-0.05, 0) is 32.0 Å². The largest absolute Gasteiger partial charge is 0.496 e. The summed E-state index contributed by atoms with van der Waals surface area (Å²) < 4.78 is 36.4. The molecule has 0 heterocycles. The third kappa shape index (κ3) is 6.38. The number of nitrogens with zero attached hydrogens (tertiary/aromatic N) is 1. The molecule has 0 saturated carbocycles. The van der Waals surface area contributed by atoms with Crippen molar-refractivity contribution in [2.75, 3.05) is 20.7 Å². The Hall–Kier alpha value is -3.24. The van der Waals surface area contributed by atoms with E-state index in [-0.39, 0.29) is 17.2 Å². The van der Waals surface area contributed by atoms with Crippen LogP contribution in [0.15, 0.2) is 53.4 Å². The number of benzene rings is 2. The highest BCUT2D eigenvalue weighted by atomic mass is 32.2. The van der Waals surface area contributed by atoms with Crippen LogP contribution in [0, 0.1) is 0 Å². The summed E-state index contributed by atoms with van der Waals surface area (Å²) in [5.41, 5.74) is 1.13. The number of esters is 1. The van der Waals surface area contributed by atoms with Crippen LogP contribution < -0.4 is 10.1 Å². The molecule has 0 aliphatic rings. The van der Waals surface area contributed by atoms with Gasteiger partial charge in [-0.25, -0.2) is 8.42 Å². The predicted octanol–water partition coefficient (Wildman–Crippen LogP) is 1.77. The smallest absolute Gasteiger partial charge is 0.322 e. The maximum absolute atomic E-state index is 12.6. The van der Waals surface area contributed by atoms with Crippen molar-refractivity contribution in [1.82, 2.24) is 9.62 Å². The Kier molecular flexibility index (Phi) is 8.50. The molecule has 10 heteroatoms. The van der Waals surface area contributed by atoms with Gasteiger partial charge >= 0.3 is 5.97 Å². The molecule has 1 unspecified atom stereocenters. The zero-order chi connectivity index (χ0) is 23.9. The van der Waals surface area contributed by atoms with E-state index in [0.717, 1.165) is 9.87 Å². The van der Waals surface area contributed by atoms with Crippen LogP contribution in [-0.4, -0.2) is 57.2 Å². The van der Waals surface area contributed by atoms with Gasteiger partial charge in [-0.1, -0.05) is 30.3 Å². The first-order valence-corrected chi connectivity index (χ1v) is 11.2. The first kappa shape index (κ1) is 25.0. The van der Waals surface area contributed by atoms with Crippen LogP contribution in [0.1, 0.15) is 29.8 Å². The number of sulfonamides is 1. The third-order valence-electron chi connectivity index (χ3n) is 4.64. The number of nitrogens with one attached hydrogen (secondary N) is 1. The minimum Gasteiger partial charge on any atom is -0.496 e. The molecule has 0 aliphatic carbocycles. The lowest BCUT2D eigenvalue weighted by molar-refractivity contribution is -0.154. The Balaban J connectivity index is 1.92. The molecule has 32 heavy (non-hydrogen) atoms. The normalized spacial score (nSPS) is 12.2. The summed E-state index contributed by atoms with van der Waals surface area (Å²) in [5.74, 6) is -0.990. The van der Waals surface area contributed by atoms with E-state index in [1.165, 1.54) is 52.3 Å². The van der Waals surface area contributed by atoms with Crippen molar-refractivity contribution in [3.05, 3.63) is 59.7 Å². The van der Waals surface area contributed by atoms with E-state index in [2.05, 4.69) is 5.32 Å². The summed E-state index contributed by atoms with van der Waals surface area (Å²) in [6.45, 7) is 2.36. The minimum absolute atomic E-state index is 0.0691. The van der Waals surface area contributed by atoms with Crippen molar-refractivity contribution in [1.29, 1.82) is 0 Å². The van der Waals surface area contributed by atoms with Crippen LogP contribution in [0.25, 0.3) is 0 Å². The monoisotopic (exact) mass is 462 g/mol. The van der Waals surface area contributed by atoms with Crippen LogP contribution >= 0.6 is 0 Å². The van der Waals surface area contributed by atoms with Gasteiger partial charge < -0.3 is 14.8 Å². The number of hydrogen-bond donors (Lipinski definition) is 1. The molecule has 0 radical (unpaired) electrons. The van der Waals surface area contributed by atoms with E-state index in [9.17, 15) is 22.8 Å². The minimum atomic E-state index is -3.98. The molecule has 1 N–H and O–H groups in total. The Labute approximate surface area is 187 Å². The number of ether oxygens (including phenoxy) is 2. The fourth-order valence-electron chi connectivity index (χ4n) is 2.77. The number of likely N-dealkylation sites (N-methyl/N-ethyl adjacent to an activating group) is 1. The van der Waals surface area contributed by atoms with Gasteiger partial charge in [0.2, 0.25) is 10.0 Å². The van der Waals surface area contributed by atoms with Crippen molar-refractivity contribution in [3.8, 4) is 5.75 Å². The molecule has 1 amide bonds. The average molecular weight is 463 g/mol. The van der Waals surface area contributed by atoms with Crippen LogP contribution in [0.2, 0.25) is 0 Å². The van der Waals surface area contributed by atoms with E-state index in [1.807, 2.05) is 0 Å². The van der Waals surface area contributed by atoms with Crippen LogP contribution in [0.3, 0.4) is 0 Å². The van der Waals surface area contributed by atoms with Gasteiger partial charge in [0.1, 0.15) is 12.3 Å². The van der Waals surface area contributed by atoms with Crippen molar-refractivity contribution < 1.29 is 32.3 Å². The van der Waals surface area contributed by atoms with Crippen molar-refractivity contribution >= 4 is 27.7 Å². The standard InChI is InChI=1S/C22H26N2O7S/c1-15(25)17-9-11-19(12-10-17)32(28,29)24(3)14-21(26)31-16(2)22(27)23-13-18-7-5-6-8-20(18)30-4/h5-12,16H,13-14H2,1-4H3,(H,23,27). The van der Waals surface area contributed by atoms with Gasteiger partial charge in [-0.3, -0.25) is 14.4 Å². The van der Waals surface area contributed by atoms with Crippen molar-refractivity contribution in [2.24, 2.45) is 0 Å². The maximum Gasteiger partial charge on any atom is 0.322 e. The second kappa shape index (κ2) is 10.9. The highest BCUT2D eigenvalue weighted by Crippen LogP contribution is 2.17. The second-order valence-electron chi connectivity index (χ2n) is 7.00. The zero-order valence-electron chi connectivity index (χ0n) is 18.3. The first-order valence-electron chi connectivity index (χ1n) is 9.72. The number of Topliss-reactive ketones (excluding diaryl/α,β-unsaturated/α-hetero) is 1. The molecule has 0 saturated heterocycles. The van der Waals surface area contributed by atoms with Crippen LogP contribution in [0.5, 0.6) is 5.75 Å². The molecule has 1 atom stereocenters. The van der Waals surface area contributed by atoms with E-state index in [0.29, 0.717) is 11.3 Å². The first-order chi connectivity index (χ1) is 15.1. The van der Waals surface area contributed by atoms with E-state index >= 15 is 0 Å². The Morgan fingerprint density at radius 3 is 2.28 bits per heavy atom. The second-order valence-corrected chi connectivity index (χ2v) is 9.05. The molecule has 2 aromatic rings. The maximum atomic E-state index is 12.6. The molecule has 0 aromatic heterocycles. The fraction of sp³-hybridized carbons (Fsp3) is 0.318. The summed E-state index contributed by atoms with van der Waals surface area (Å²) in [7, 11) is -1.23. The molecule has 9 nitrogen and oxygen atoms in total. The lowest BCUT2D eigenvalue weighted by atomic mass is 10.2. The summed E-state index contributed by atoms with van der Waals surface area (Å²) in [5, 5.41) is 2.65. The topological polar surface area (TPSA) is 119 Å². The van der Waals surface area contributed by atoms with Gasteiger partial charge in [0.05, 0.1) is 12.0 Å². The fourth-order valence-corrected chi connectivity index (χ4v) is 3.89. The van der Waals surface area contributed by atoms with Gasteiger partial charge in [0, 0.05) is 24.7 Å². The van der Waals surface area contributed by atoms with E-state index in [1.54, 1.807) is 24.3 Å². The zero-order valence-corrected chi connectivity index (χ0v) is 19.1. The van der Waals surface area contributed by atoms with Crippen molar-refractivity contribution in [3.63, 3.8) is 0 Å². The van der Waals surface area contributed by atoms with Gasteiger partial charge in [-0.2, -0.15) is 4.31 Å². The highest BCUT2D eigenvalue weighted by molar-refractivity contribution is 7.89. The number of rotatable bonds is 10. The lowest BCUT2D eigenvalue weighted by Gasteiger charge is -2.19. The number of amides is 1. The van der Waals surface area contributed by atoms with Gasteiger partial charge in [0.15, 0.2) is 11.9 Å². The summed E-state index contributed by atoms with van der Waals surface area (Å²) >= 11 is 0. The number of carbonyl (C=O) groups excluding carboxylic acids is 3. The lowest BCUT2D eigenvalue weighted by Crippen LogP contribution is -2.39. The molecular weight excluding hydrogens is 436 g/mol. The molecule has 0 bridgehead atoms. The number of methoxy groups -OCH3 is 1. The molecule has 172 valence electrons. The van der Waals surface area contributed by atoms with E-state index < -0.39 is 34.5 Å². The molecule has 2 rings (SSSR count). The van der Waals surface area contributed by atoms with E-state index in [4.69, 9.17) is 9.47 Å². The van der Waals surface area contributed by atoms with Crippen molar-refractivity contribution in [2.45, 2.75) is 31.4 Å². The SMILES string of the molecule is COc1ccccc1CNC(=O)C(C)OC(=O)CN(C)S(=O)(=O)c1ccc(C(C)=O)cc1. The number of hydrogen-bond acceptors (Lipinski definition) is 7. The summed E-state index contributed by atoms with van der Waals surface area (Å²) in [6, 6.07) is 12.5.